The molecule has 3 heteroatoms. The molecule has 1 atom stereocenters. The van der Waals surface area contributed by atoms with Gasteiger partial charge in [-0.2, -0.15) is 0 Å². The Hall–Kier alpha value is -2.03. The lowest BCUT2D eigenvalue weighted by Gasteiger charge is -2.14. The zero-order chi connectivity index (χ0) is 12.8. The van der Waals surface area contributed by atoms with E-state index in [2.05, 4.69) is 41.5 Å². The Bertz CT molecular complexity index is 485. The van der Waals surface area contributed by atoms with Gasteiger partial charge >= 0.3 is 0 Å². The number of pyridine rings is 1. The van der Waals surface area contributed by atoms with Gasteiger partial charge in [0.15, 0.2) is 0 Å². The second-order valence-corrected chi connectivity index (χ2v) is 4.28. The van der Waals surface area contributed by atoms with Gasteiger partial charge in [-0.05, 0) is 17.5 Å². The molecule has 0 radical (unpaired) electrons. The topological polar surface area (TPSA) is 34.1 Å². The van der Waals surface area contributed by atoms with Gasteiger partial charge < -0.3 is 10.1 Å². The quantitative estimate of drug-likeness (QED) is 0.873. The van der Waals surface area contributed by atoms with E-state index in [9.17, 15) is 0 Å². The van der Waals surface area contributed by atoms with Crippen LogP contribution in [0.3, 0.4) is 0 Å². The molecule has 18 heavy (non-hydrogen) atoms. The highest BCUT2D eigenvalue weighted by atomic mass is 16.5. The number of hydrogen-bond donors (Lipinski definition) is 1. The largest absolute Gasteiger partial charge is 0.481 e. The van der Waals surface area contributed by atoms with Crippen LogP contribution in [0.4, 0.5) is 5.69 Å². The van der Waals surface area contributed by atoms with E-state index in [1.807, 2.05) is 18.2 Å². The lowest BCUT2D eigenvalue weighted by atomic mass is 10.0. The van der Waals surface area contributed by atoms with Gasteiger partial charge in [-0.3, -0.25) is 0 Å². The van der Waals surface area contributed by atoms with Crippen molar-refractivity contribution in [3.8, 4) is 5.88 Å². The first kappa shape index (κ1) is 12.4. The first-order valence-corrected chi connectivity index (χ1v) is 6.08. The highest BCUT2D eigenvalue weighted by Crippen LogP contribution is 2.17. The van der Waals surface area contributed by atoms with Crippen molar-refractivity contribution in [2.75, 3.05) is 19.0 Å². The standard InChI is InChI=1S/C15H18N2O/c1-12(13-6-4-3-5-7-13)11-17-14-8-9-16-15(10-14)18-2/h3-10,12H,11H2,1-2H3,(H,16,17). The van der Waals surface area contributed by atoms with Gasteiger partial charge in [0, 0.05) is 24.5 Å². The lowest BCUT2D eigenvalue weighted by molar-refractivity contribution is 0.398. The molecule has 1 aromatic carbocycles. The molecule has 0 aliphatic carbocycles. The van der Waals surface area contributed by atoms with Crippen molar-refractivity contribution in [1.82, 2.24) is 4.98 Å². The maximum Gasteiger partial charge on any atom is 0.214 e. The summed E-state index contributed by atoms with van der Waals surface area (Å²) >= 11 is 0. The smallest absolute Gasteiger partial charge is 0.214 e. The zero-order valence-corrected chi connectivity index (χ0v) is 10.8. The molecule has 1 unspecified atom stereocenters. The Morgan fingerprint density at radius 1 is 1.22 bits per heavy atom. The zero-order valence-electron chi connectivity index (χ0n) is 10.8. The molecule has 0 fully saturated rings. The predicted molar refractivity (Wildman–Crippen MR) is 74.1 cm³/mol. The fourth-order valence-corrected chi connectivity index (χ4v) is 1.80. The molecule has 0 spiro atoms. The first-order valence-electron chi connectivity index (χ1n) is 6.08. The van der Waals surface area contributed by atoms with Crippen LogP contribution in [0.5, 0.6) is 5.88 Å². The Kier molecular flexibility index (Phi) is 4.18. The summed E-state index contributed by atoms with van der Waals surface area (Å²) in [4.78, 5) is 4.08. The Labute approximate surface area is 108 Å². The van der Waals surface area contributed by atoms with Crippen molar-refractivity contribution >= 4 is 5.69 Å². The monoisotopic (exact) mass is 242 g/mol. The average Bonchev–Trinajstić information content (AvgIpc) is 2.46. The van der Waals surface area contributed by atoms with Gasteiger partial charge in [-0.15, -0.1) is 0 Å². The molecule has 0 saturated carbocycles. The van der Waals surface area contributed by atoms with E-state index >= 15 is 0 Å². The number of aromatic nitrogens is 1. The highest BCUT2D eigenvalue weighted by molar-refractivity contribution is 5.45. The normalized spacial score (nSPS) is 11.9. The Morgan fingerprint density at radius 2 is 2.00 bits per heavy atom. The van der Waals surface area contributed by atoms with Gasteiger partial charge in [0.05, 0.1) is 7.11 Å². The van der Waals surface area contributed by atoms with Gasteiger partial charge in [0.25, 0.3) is 0 Å². The van der Waals surface area contributed by atoms with Gasteiger partial charge in [-0.25, -0.2) is 4.98 Å². The second kappa shape index (κ2) is 6.05. The van der Waals surface area contributed by atoms with E-state index < -0.39 is 0 Å². The third kappa shape index (κ3) is 3.23. The lowest BCUT2D eigenvalue weighted by Crippen LogP contribution is -2.09. The molecule has 0 bridgehead atoms. The maximum absolute atomic E-state index is 5.10. The molecule has 1 aromatic heterocycles. The van der Waals surface area contributed by atoms with Gasteiger partial charge in [0.2, 0.25) is 5.88 Å². The van der Waals surface area contributed by atoms with E-state index in [1.54, 1.807) is 13.3 Å². The van der Waals surface area contributed by atoms with Crippen molar-refractivity contribution in [2.24, 2.45) is 0 Å². The molecular formula is C15H18N2O. The first-order chi connectivity index (χ1) is 8.79. The summed E-state index contributed by atoms with van der Waals surface area (Å²) in [5.41, 5.74) is 2.37. The molecule has 3 nitrogen and oxygen atoms in total. The number of hydrogen-bond acceptors (Lipinski definition) is 3. The van der Waals surface area contributed by atoms with Crippen LogP contribution in [-0.2, 0) is 0 Å². The summed E-state index contributed by atoms with van der Waals surface area (Å²) < 4.78 is 5.10. The third-order valence-corrected chi connectivity index (χ3v) is 2.92. The van der Waals surface area contributed by atoms with Crippen molar-refractivity contribution in [1.29, 1.82) is 0 Å². The van der Waals surface area contributed by atoms with Crippen molar-refractivity contribution in [2.45, 2.75) is 12.8 Å². The van der Waals surface area contributed by atoms with E-state index in [1.165, 1.54) is 5.56 Å². The fourth-order valence-electron chi connectivity index (χ4n) is 1.80. The number of anilines is 1. The van der Waals surface area contributed by atoms with Crippen LogP contribution >= 0.6 is 0 Å². The molecule has 0 aliphatic rings. The van der Waals surface area contributed by atoms with E-state index in [-0.39, 0.29) is 0 Å². The molecule has 1 N–H and O–H groups in total. The fraction of sp³-hybridized carbons (Fsp3) is 0.267. The molecule has 94 valence electrons. The van der Waals surface area contributed by atoms with E-state index in [0.29, 0.717) is 11.8 Å². The summed E-state index contributed by atoms with van der Waals surface area (Å²) in [6, 6.07) is 14.3. The number of benzene rings is 1. The summed E-state index contributed by atoms with van der Waals surface area (Å²) in [5.74, 6) is 1.10. The van der Waals surface area contributed by atoms with Gasteiger partial charge in [0.1, 0.15) is 0 Å². The summed E-state index contributed by atoms with van der Waals surface area (Å²) in [6.45, 7) is 3.10. The summed E-state index contributed by atoms with van der Waals surface area (Å²) in [6.07, 6.45) is 1.74. The van der Waals surface area contributed by atoms with E-state index in [4.69, 9.17) is 4.74 Å². The number of nitrogens with zero attached hydrogens (tertiary/aromatic N) is 1. The highest BCUT2D eigenvalue weighted by Gasteiger charge is 2.04. The molecule has 2 rings (SSSR count). The van der Waals surface area contributed by atoms with Crippen LogP contribution in [0, 0.1) is 0 Å². The number of methoxy groups -OCH3 is 1. The number of rotatable bonds is 5. The average molecular weight is 242 g/mol. The predicted octanol–water partition coefficient (Wildman–Crippen LogP) is 3.31. The molecule has 0 amide bonds. The SMILES string of the molecule is COc1cc(NCC(C)c2ccccc2)ccn1. The van der Waals surface area contributed by atoms with Crippen LogP contribution in [0.1, 0.15) is 18.4 Å². The van der Waals surface area contributed by atoms with Crippen molar-refractivity contribution in [3.05, 3.63) is 54.2 Å². The van der Waals surface area contributed by atoms with Crippen molar-refractivity contribution < 1.29 is 4.74 Å². The van der Waals surface area contributed by atoms with Crippen LogP contribution in [0.25, 0.3) is 0 Å². The number of ether oxygens (including phenoxy) is 1. The minimum absolute atomic E-state index is 0.463. The summed E-state index contributed by atoms with van der Waals surface area (Å²) in [7, 11) is 1.62. The minimum Gasteiger partial charge on any atom is -0.481 e. The third-order valence-electron chi connectivity index (χ3n) is 2.92. The maximum atomic E-state index is 5.10. The molecule has 0 aliphatic heterocycles. The van der Waals surface area contributed by atoms with Crippen LogP contribution in [-0.4, -0.2) is 18.6 Å². The van der Waals surface area contributed by atoms with Crippen LogP contribution in [0.2, 0.25) is 0 Å². The minimum atomic E-state index is 0.463. The Balaban J connectivity index is 1.95. The van der Waals surface area contributed by atoms with Crippen LogP contribution in [0.15, 0.2) is 48.7 Å². The Morgan fingerprint density at radius 3 is 2.72 bits per heavy atom. The molecule has 0 saturated heterocycles. The van der Waals surface area contributed by atoms with E-state index in [0.717, 1.165) is 12.2 Å². The second-order valence-electron chi connectivity index (χ2n) is 4.28. The molecule has 1 heterocycles. The molecule has 2 aromatic rings. The number of nitrogens with one attached hydrogen (secondary N) is 1. The van der Waals surface area contributed by atoms with Crippen molar-refractivity contribution in [3.63, 3.8) is 0 Å². The van der Waals surface area contributed by atoms with Crippen LogP contribution < -0.4 is 10.1 Å². The molecular weight excluding hydrogens is 224 g/mol. The van der Waals surface area contributed by atoms with Gasteiger partial charge in [-0.1, -0.05) is 37.3 Å². The summed E-state index contributed by atoms with van der Waals surface area (Å²) in [5, 5.41) is 3.40.